The number of hydrogen-bond acceptors (Lipinski definition) is 12. The number of nitrogens with zero attached hydrogens (tertiary/aromatic N) is 1. The summed E-state index contributed by atoms with van der Waals surface area (Å²) in [6.45, 7) is -0.918. The largest absolute Gasteiger partial charge is 0.459 e. The third kappa shape index (κ3) is 16.1. The van der Waals surface area contributed by atoms with Gasteiger partial charge in [0.25, 0.3) is 11.7 Å². The van der Waals surface area contributed by atoms with Gasteiger partial charge in [-0.2, -0.15) is 8.78 Å². The summed E-state index contributed by atoms with van der Waals surface area (Å²) in [7, 11) is 0. The summed E-state index contributed by atoms with van der Waals surface area (Å²) in [5, 5.41) is 17.6. The van der Waals surface area contributed by atoms with E-state index in [0.29, 0.717) is 29.5 Å². The van der Waals surface area contributed by atoms with Crippen LogP contribution in [0.25, 0.3) is 0 Å². The number of amides is 3. The number of esters is 1. The van der Waals surface area contributed by atoms with Gasteiger partial charge in [-0.1, -0.05) is 182 Å². The summed E-state index contributed by atoms with van der Waals surface area (Å²) in [6.07, 6.45) is -6.07. The lowest BCUT2D eigenvalue weighted by molar-refractivity contribution is -0.415. The van der Waals surface area contributed by atoms with Crippen LogP contribution in [0.15, 0.2) is 182 Å². The summed E-state index contributed by atoms with van der Waals surface area (Å²) in [6, 6.07) is 52.1. The molecule has 3 N–H and O–H groups in total. The Morgan fingerprint density at radius 2 is 1.06 bits per heavy atom. The smallest absolute Gasteiger partial charge is 0.408 e. The molecule has 2 saturated heterocycles. The molecular weight excluding hydrogens is 1020 g/mol. The van der Waals surface area contributed by atoms with Crippen LogP contribution in [0, 0.1) is 0 Å². The Morgan fingerprint density at radius 1 is 0.608 bits per heavy atom. The fourth-order valence-electron chi connectivity index (χ4n) is 9.52. The van der Waals surface area contributed by atoms with Crippen molar-refractivity contribution in [1.29, 1.82) is 0 Å². The molecule has 416 valence electrons. The van der Waals surface area contributed by atoms with E-state index in [1.54, 1.807) is 78.9 Å². The minimum atomic E-state index is -4.72. The van der Waals surface area contributed by atoms with Gasteiger partial charge in [-0.25, -0.2) is 9.59 Å². The van der Waals surface area contributed by atoms with Gasteiger partial charge in [-0.15, -0.1) is 0 Å². The number of carbonyl (C=O) groups is 4. The molecule has 6 aromatic rings. The zero-order chi connectivity index (χ0) is 55.3. The van der Waals surface area contributed by atoms with E-state index in [1.807, 2.05) is 103 Å². The maximum atomic E-state index is 17.5. The molecule has 0 saturated carbocycles. The molecule has 3 amide bonds. The molecule has 0 aliphatic carbocycles. The van der Waals surface area contributed by atoms with Crippen molar-refractivity contribution in [3.63, 3.8) is 0 Å². The molecule has 8 rings (SSSR count). The maximum Gasteiger partial charge on any atom is 0.408 e. The van der Waals surface area contributed by atoms with Gasteiger partial charge in [0.05, 0.1) is 33.0 Å². The average molecular weight is 1080 g/mol. The van der Waals surface area contributed by atoms with Gasteiger partial charge in [0.15, 0.2) is 0 Å². The van der Waals surface area contributed by atoms with E-state index < -0.39 is 72.1 Å². The quantitative estimate of drug-likeness (QED) is 0.0330. The standard InChI is InChI=1S/C62H67F2N3O12/c63-61(64,59(70)65-36-20-19-34-51(66-60(71)78-43-50-32-17-6-18-33-50)57(68)67-37-21-35-52(67)58(69)77-42-49-30-15-5-16-31-49)62(72)56(76-41-48-28-13-4-14-29-48)55(75-40-47-26-11-3-12-27-47)54(74-39-46-24-9-2-10-25-46)53(79-62)44-73-38-45-22-7-1-8-23-45/h1-18,22-33,51-56,72H,19-21,34-44H2,(H,65,70)(H,66,71)/t51-,52-,53+,54-,55-,56+,62+/m0/s1. The first-order valence-corrected chi connectivity index (χ1v) is 26.6. The zero-order valence-electron chi connectivity index (χ0n) is 43.8. The van der Waals surface area contributed by atoms with Crippen LogP contribution in [0.5, 0.6) is 0 Å². The molecule has 17 heteroatoms. The van der Waals surface area contributed by atoms with Gasteiger partial charge >= 0.3 is 18.0 Å². The van der Waals surface area contributed by atoms with Crippen molar-refractivity contribution in [2.75, 3.05) is 19.7 Å². The summed E-state index contributed by atoms with van der Waals surface area (Å²) in [5.74, 6) is -11.4. The zero-order valence-corrected chi connectivity index (χ0v) is 43.8. The molecule has 2 fully saturated rings. The van der Waals surface area contributed by atoms with Gasteiger partial charge in [0.1, 0.15) is 49.7 Å². The van der Waals surface area contributed by atoms with Crippen LogP contribution in [0.3, 0.4) is 0 Å². The first-order valence-electron chi connectivity index (χ1n) is 26.6. The van der Waals surface area contributed by atoms with E-state index in [4.69, 9.17) is 33.2 Å². The summed E-state index contributed by atoms with van der Waals surface area (Å²) < 4.78 is 77.7. The Bertz CT molecular complexity index is 2810. The lowest BCUT2D eigenvalue weighted by atomic mass is 9.87. The summed E-state index contributed by atoms with van der Waals surface area (Å²) >= 11 is 0. The Labute approximate surface area is 459 Å². The second-order valence-corrected chi connectivity index (χ2v) is 19.5. The molecule has 0 aromatic heterocycles. The monoisotopic (exact) mass is 1080 g/mol. The Balaban J connectivity index is 0.998. The van der Waals surface area contributed by atoms with Crippen LogP contribution in [0.4, 0.5) is 13.6 Å². The van der Waals surface area contributed by atoms with E-state index in [2.05, 4.69) is 10.6 Å². The predicted octanol–water partition coefficient (Wildman–Crippen LogP) is 9.00. The van der Waals surface area contributed by atoms with Crippen LogP contribution >= 0.6 is 0 Å². The second kappa shape index (κ2) is 29.0. The number of hydrogen-bond donors (Lipinski definition) is 3. The van der Waals surface area contributed by atoms with Crippen LogP contribution < -0.4 is 10.6 Å². The van der Waals surface area contributed by atoms with Gasteiger partial charge in [0, 0.05) is 13.1 Å². The van der Waals surface area contributed by atoms with Crippen molar-refractivity contribution < 1.29 is 66.2 Å². The highest BCUT2D eigenvalue weighted by molar-refractivity contribution is 5.90. The van der Waals surface area contributed by atoms with E-state index in [1.165, 1.54) is 4.90 Å². The summed E-state index contributed by atoms with van der Waals surface area (Å²) in [5.41, 5.74) is 4.30. The van der Waals surface area contributed by atoms with Crippen molar-refractivity contribution in [2.24, 2.45) is 0 Å². The number of likely N-dealkylation sites (tertiary alicyclic amines) is 1. The third-order valence-corrected chi connectivity index (χ3v) is 13.7. The number of alkyl carbamates (subject to hydrolysis) is 1. The maximum absolute atomic E-state index is 17.5. The molecule has 2 heterocycles. The third-order valence-electron chi connectivity index (χ3n) is 13.7. The highest BCUT2D eigenvalue weighted by atomic mass is 19.3. The Hall–Kier alpha value is -7.38. The van der Waals surface area contributed by atoms with Crippen LogP contribution in [-0.2, 0) is 87.2 Å². The molecule has 79 heavy (non-hydrogen) atoms. The number of nitrogens with one attached hydrogen (secondary N) is 2. The molecule has 6 aromatic carbocycles. The lowest BCUT2D eigenvalue weighted by Gasteiger charge is -2.51. The second-order valence-electron chi connectivity index (χ2n) is 19.5. The van der Waals surface area contributed by atoms with E-state index in [9.17, 15) is 24.3 Å². The number of rotatable bonds is 27. The topological polar surface area (TPSA) is 180 Å². The van der Waals surface area contributed by atoms with Gasteiger partial charge < -0.3 is 53.8 Å². The molecule has 2 aliphatic rings. The number of benzene rings is 6. The Kier molecular flexibility index (Phi) is 21.2. The first kappa shape index (κ1) is 57.8. The SMILES string of the molecule is O=C(N[C@@H](CCCCNC(=O)C(F)(F)[C@]1(O)O[C@H](COCc2ccccc2)[C@H](OCc2ccccc2)[C@H](OCc2ccccc2)[C@H]1OCc1ccccc1)C(=O)N1CCC[C@H]1C(=O)OCc1ccccc1)OCc1ccccc1. The van der Waals surface area contributed by atoms with E-state index in [-0.39, 0.29) is 78.6 Å². The first-order chi connectivity index (χ1) is 38.5. The van der Waals surface area contributed by atoms with Crippen LogP contribution in [-0.4, -0.2) is 102 Å². The number of unbranched alkanes of at least 4 members (excludes halogenated alkanes) is 1. The molecule has 0 radical (unpaired) electrons. The molecule has 15 nitrogen and oxygen atoms in total. The van der Waals surface area contributed by atoms with Crippen molar-refractivity contribution in [1.82, 2.24) is 15.5 Å². The van der Waals surface area contributed by atoms with Gasteiger partial charge in [0.2, 0.25) is 5.91 Å². The van der Waals surface area contributed by atoms with Gasteiger partial charge in [-0.05, 0) is 65.5 Å². The minimum absolute atomic E-state index is 0.00723. The number of aliphatic hydroxyl groups is 1. The van der Waals surface area contributed by atoms with Crippen molar-refractivity contribution in [2.45, 2.75) is 120 Å². The molecule has 0 bridgehead atoms. The number of halogens is 2. The number of ether oxygens (including phenoxy) is 7. The molecule has 0 spiro atoms. The van der Waals surface area contributed by atoms with Gasteiger partial charge in [-0.3, -0.25) is 9.59 Å². The van der Waals surface area contributed by atoms with Crippen LogP contribution in [0.2, 0.25) is 0 Å². The number of alkyl halides is 2. The fourth-order valence-corrected chi connectivity index (χ4v) is 9.52. The number of carbonyl (C=O) groups excluding carboxylic acids is 4. The molecular formula is C62H67F2N3O12. The van der Waals surface area contributed by atoms with Crippen LogP contribution in [0.1, 0.15) is 65.5 Å². The molecule has 2 aliphatic heterocycles. The summed E-state index contributed by atoms with van der Waals surface area (Å²) in [4.78, 5) is 56.4. The minimum Gasteiger partial charge on any atom is -0.459 e. The molecule has 0 unspecified atom stereocenters. The highest BCUT2D eigenvalue weighted by Gasteiger charge is 2.71. The highest BCUT2D eigenvalue weighted by Crippen LogP contribution is 2.44. The van der Waals surface area contributed by atoms with Crippen molar-refractivity contribution in [3.8, 4) is 0 Å². The molecule has 7 atom stereocenters. The predicted molar refractivity (Wildman–Crippen MR) is 287 cm³/mol. The van der Waals surface area contributed by atoms with E-state index >= 15 is 8.78 Å². The van der Waals surface area contributed by atoms with E-state index in [0.717, 1.165) is 16.7 Å². The van der Waals surface area contributed by atoms with Crippen molar-refractivity contribution in [3.05, 3.63) is 215 Å². The average Bonchev–Trinajstić information content (AvgIpc) is 4.01. The normalized spacial score (nSPS) is 20.4. The van der Waals surface area contributed by atoms with Crippen molar-refractivity contribution >= 4 is 23.9 Å². The Morgan fingerprint density at radius 3 is 1.58 bits per heavy atom. The lowest BCUT2D eigenvalue weighted by Crippen LogP contribution is -2.75. The fraction of sp³-hybridized carbons (Fsp3) is 0.355.